The molecule has 0 saturated carbocycles. The zero-order valence-corrected chi connectivity index (χ0v) is 13.2. The summed E-state index contributed by atoms with van der Waals surface area (Å²) in [5, 5.41) is 5.36. The van der Waals surface area contributed by atoms with Crippen LogP contribution in [-0.4, -0.2) is 12.5 Å². The Morgan fingerprint density at radius 1 is 0.913 bits per heavy atom. The molecule has 0 fully saturated rings. The van der Waals surface area contributed by atoms with E-state index in [2.05, 4.69) is 10.6 Å². The highest BCUT2D eigenvalue weighted by Gasteiger charge is 2.13. The van der Waals surface area contributed by atoms with Gasteiger partial charge in [-0.25, -0.2) is 8.78 Å². The molecule has 0 atom stereocenters. The predicted octanol–water partition coefficient (Wildman–Crippen LogP) is 4.14. The maximum absolute atomic E-state index is 13.5. The molecule has 23 heavy (non-hydrogen) atoms. The number of halogens is 2. The number of benzene rings is 2. The monoisotopic (exact) mass is 318 g/mol. The van der Waals surface area contributed by atoms with E-state index in [4.69, 9.17) is 0 Å². The third-order valence-corrected chi connectivity index (χ3v) is 3.65. The summed E-state index contributed by atoms with van der Waals surface area (Å²) < 4.78 is 27.1. The molecule has 2 N–H and O–H groups in total. The molecule has 0 radical (unpaired) electrons. The zero-order chi connectivity index (χ0) is 16.8. The normalized spacial score (nSPS) is 10.4. The average Bonchev–Trinajstić information content (AvgIpc) is 2.56. The molecular weight excluding hydrogens is 298 g/mol. The van der Waals surface area contributed by atoms with Crippen LogP contribution >= 0.6 is 0 Å². The minimum absolute atomic E-state index is 0.0578. The molecule has 0 bridgehead atoms. The van der Waals surface area contributed by atoms with Crippen LogP contribution in [0.4, 0.5) is 20.2 Å². The molecule has 3 nitrogen and oxygen atoms in total. The topological polar surface area (TPSA) is 41.1 Å². The van der Waals surface area contributed by atoms with E-state index in [1.165, 1.54) is 6.07 Å². The molecule has 0 spiro atoms. The molecule has 0 aliphatic carbocycles. The van der Waals surface area contributed by atoms with E-state index in [0.29, 0.717) is 0 Å². The lowest BCUT2D eigenvalue weighted by Gasteiger charge is -2.15. The average molecular weight is 318 g/mol. The molecule has 0 aromatic heterocycles. The molecule has 1 amide bonds. The van der Waals surface area contributed by atoms with Gasteiger partial charge in [0.25, 0.3) is 0 Å². The molecule has 5 heteroatoms. The molecule has 0 aliphatic rings. The Balaban J connectivity index is 2.08. The highest BCUT2D eigenvalue weighted by atomic mass is 19.1. The van der Waals surface area contributed by atoms with Crippen LogP contribution in [0.15, 0.2) is 36.4 Å². The van der Waals surface area contributed by atoms with Crippen LogP contribution in [0.1, 0.15) is 25.0 Å². The van der Waals surface area contributed by atoms with Crippen LogP contribution in [0.3, 0.4) is 0 Å². The van der Waals surface area contributed by atoms with Gasteiger partial charge < -0.3 is 10.6 Å². The van der Waals surface area contributed by atoms with E-state index < -0.39 is 23.2 Å². The second-order valence-corrected chi connectivity index (χ2v) is 5.16. The fourth-order valence-corrected chi connectivity index (χ4v) is 2.44. The molecule has 2 aromatic rings. The summed E-state index contributed by atoms with van der Waals surface area (Å²) in [5.41, 5.74) is 2.71. The predicted molar refractivity (Wildman–Crippen MR) is 88.7 cm³/mol. The number of para-hydroxylation sites is 2. The third-order valence-electron chi connectivity index (χ3n) is 3.65. The lowest BCUT2D eigenvalue weighted by atomic mass is 10.0. The molecule has 0 unspecified atom stereocenters. The smallest absolute Gasteiger partial charge is 0.243 e. The van der Waals surface area contributed by atoms with Gasteiger partial charge in [-0.15, -0.1) is 0 Å². The van der Waals surface area contributed by atoms with E-state index >= 15 is 0 Å². The van der Waals surface area contributed by atoms with E-state index in [-0.39, 0.29) is 6.54 Å². The van der Waals surface area contributed by atoms with Crippen LogP contribution in [0.5, 0.6) is 0 Å². The van der Waals surface area contributed by atoms with Crippen LogP contribution in [0.2, 0.25) is 0 Å². The molecule has 2 aromatic carbocycles. The largest absolute Gasteiger partial charge is 0.376 e. The number of carbonyl (C=O) groups excluding carboxylic acids is 1. The van der Waals surface area contributed by atoms with Crippen molar-refractivity contribution in [3.8, 4) is 0 Å². The van der Waals surface area contributed by atoms with Crippen molar-refractivity contribution >= 4 is 17.3 Å². The molecular formula is C18H20F2N2O. The number of hydrogen-bond acceptors (Lipinski definition) is 2. The van der Waals surface area contributed by atoms with Gasteiger partial charge in [0.2, 0.25) is 5.91 Å². The van der Waals surface area contributed by atoms with E-state index in [1.54, 1.807) is 0 Å². The van der Waals surface area contributed by atoms with Crippen LogP contribution in [0.25, 0.3) is 0 Å². The Bertz CT molecular complexity index is 659. The summed E-state index contributed by atoms with van der Waals surface area (Å²) >= 11 is 0. The van der Waals surface area contributed by atoms with Gasteiger partial charge in [-0.2, -0.15) is 0 Å². The lowest BCUT2D eigenvalue weighted by molar-refractivity contribution is -0.114. The third kappa shape index (κ3) is 4.06. The number of carbonyl (C=O) groups is 1. The van der Waals surface area contributed by atoms with E-state index in [0.717, 1.165) is 41.8 Å². The number of amides is 1. The second-order valence-electron chi connectivity index (χ2n) is 5.16. The Labute approximate surface area is 134 Å². The van der Waals surface area contributed by atoms with E-state index in [1.807, 2.05) is 32.0 Å². The maximum atomic E-state index is 13.5. The molecule has 0 heterocycles. The van der Waals surface area contributed by atoms with Gasteiger partial charge in [0, 0.05) is 5.69 Å². The SMILES string of the molecule is CCc1cccc(CC)c1NCC(=O)Nc1c(F)cccc1F. The zero-order valence-electron chi connectivity index (χ0n) is 13.2. The Morgan fingerprint density at radius 3 is 1.96 bits per heavy atom. The van der Waals surface area contributed by atoms with Gasteiger partial charge in [-0.1, -0.05) is 38.1 Å². The van der Waals surface area contributed by atoms with Crippen LogP contribution < -0.4 is 10.6 Å². The summed E-state index contributed by atoms with van der Waals surface area (Å²) in [6.45, 7) is 4.02. The van der Waals surface area contributed by atoms with Gasteiger partial charge in [0.15, 0.2) is 0 Å². The molecule has 0 saturated heterocycles. The van der Waals surface area contributed by atoms with Gasteiger partial charge in [0.1, 0.15) is 17.3 Å². The van der Waals surface area contributed by atoms with Crippen molar-refractivity contribution < 1.29 is 13.6 Å². The van der Waals surface area contributed by atoms with Crippen molar-refractivity contribution in [3.05, 3.63) is 59.2 Å². The fraction of sp³-hybridized carbons (Fsp3) is 0.278. The summed E-state index contributed by atoms with van der Waals surface area (Å²) in [7, 11) is 0. The Morgan fingerprint density at radius 2 is 1.43 bits per heavy atom. The minimum Gasteiger partial charge on any atom is -0.376 e. The first-order valence-corrected chi connectivity index (χ1v) is 7.65. The number of rotatable bonds is 6. The molecule has 0 aliphatic heterocycles. The highest BCUT2D eigenvalue weighted by Crippen LogP contribution is 2.22. The summed E-state index contributed by atoms with van der Waals surface area (Å²) in [6, 6.07) is 9.44. The second kappa shape index (κ2) is 7.72. The number of nitrogens with one attached hydrogen (secondary N) is 2. The standard InChI is InChI=1S/C18H20F2N2O/c1-3-12-7-5-8-13(4-2)17(12)21-11-16(23)22-18-14(19)9-6-10-15(18)20/h5-10,21H,3-4,11H2,1-2H3,(H,22,23). The Kier molecular flexibility index (Phi) is 5.68. The summed E-state index contributed by atoms with van der Waals surface area (Å²) in [4.78, 5) is 12.0. The minimum atomic E-state index is -0.790. The maximum Gasteiger partial charge on any atom is 0.243 e. The molecule has 2 rings (SSSR count). The molecule has 122 valence electrons. The number of hydrogen-bond donors (Lipinski definition) is 2. The fourth-order valence-electron chi connectivity index (χ4n) is 2.44. The first-order chi connectivity index (χ1) is 11.1. The quantitative estimate of drug-likeness (QED) is 0.840. The first-order valence-electron chi connectivity index (χ1n) is 7.65. The van der Waals surface area contributed by atoms with Gasteiger partial charge >= 0.3 is 0 Å². The van der Waals surface area contributed by atoms with Gasteiger partial charge in [-0.05, 0) is 36.1 Å². The van der Waals surface area contributed by atoms with Crippen molar-refractivity contribution in [2.24, 2.45) is 0 Å². The van der Waals surface area contributed by atoms with Gasteiger partial charge in [-0.3, -0.25) is 4.79 Å². The summed E-state index contributed by atoms with van der Waals surface area (Å²) in [5.74, 6) is -2.08. The Hall–Kier alpha value is -2.43. The van der Waals surface area contributed by atoms with Crippen molar-refractivity contribution in [1.29, 1.82) is 0 Å². The van der Waals surface area contributed by atoms with Crippen LogP contribution in [-0.2, 0) is 17.6 Å². The summed E-state index contributed by atoms with van der Waals surface area (Å²) in [6.07, 6.45) is 1.67. The number of anilines is 2. The van der Waals surface area contributed by atoms with Crippen LogP contribution in [0, 0.1) is 11.6 Å². The van der Waals surface area contributed by atoms with Crippen molar-refractivity contribution in [2.45, 2.75) is 26.7 Å². The van der Waals surface area contributed by atoms with Crippen molar-refractivity contribution in [1.82, 2.24) is 0 Å². The van der Waals surface area contributed by atoms with Crippen molar-refractivity contribution in [2.75, 3.05) is 17.2 Å². The van der Waals surface area contributed by atoms with Gasteiger partial charge in [0.05, 0.1) is 6.54 Å². The highest BCUT2D eigenvalue weighted by molar-refractivity contribution is 5.94. The van der Waals surface area contributed by atoms with Crippen molar-refractivity contribution in [3.63, 3.8) is 0 Å². The number of aryl methyl sites for hydroxylation is 2. The van der Waals surface area contributed by atoms with E-state index in [9.17, 15) is 13.6 Å². The lowest BCUT2D eigenvalue weighted by Crippen LogP contribution is -2.23. The first kappa shape index (κ1) is 16.9.